The van der Waals surface area contributed by atoms with Crippen LogP contribution in [0.3, 0.4) is 0 Å². The van der Waals surface area contributed by atoms with E-state index in [1.807, 2.05) is 0 Å². The maximum atomic E-state index is 5.00. The molecule has 14 heavy (non-hydrogen) atoms. The van der Waals surface area contributed by atoms with E-state index in [2.05, 4.69) is 10.6 Å². The van der Waals surface area contributed by atoms with E-state index in [1.165, 1.54) is 38.6 Å². The minimum absolute atomic E-state index is 0.714. The number of methoxy groups -OCH3 is 1. The van der Waals surface area contributed by atoms with Crippen LogP contribution >= 0.6 is 0 Å². The average molecular weight is 200 g/mol. The SMILES string of the molecule is COCCCCNCC1CCCCN1. The van der Waals surface area contributed by atoms with Crippen LogP contribution in [0, 0.1) is 0 Å². The van der Waals surface area contributed by atoms with E-state index in [1.54, 1.807) is 7.11 Å². The molecule has 0 spiro atoms. The Balaban J connectivity index is 1.82. The predicted octanol–water partition coefficient (Wildman–Crippen LogP) is 1.14. The second kappa shape index (κ2) is 8.21. The van der Waals surface area contributed by atoms with Crippen LogP contribution in [0.4, 0.5) is 0 Å². The number of unbranched alkanes of at least 4 members (excludes halogenated alkanes) is 1. The minimum Gasteiger partial charge on any atom is -0.385 e. The zero-order valence-corrected chi connectivity index (χ0v) is 9.35. The Morgan fingerprint density at radius 3 is 3.00 bits per heavy atom. The van der Waals surface area contributed by atoms with Crippen LogP contribution in [0.15, 0.2) is 0 Å². The smallest absolute Gasteiger partial charge is 0.0462 e. The van der Waals surface area contributed by atoms with Crippen LogP contribution in [0.25, 0.3) is 0 Å². The van der Waals surface area contributed by atoms with Gasteiger partial charge < -0.3 is 15.4 Å². The van der Waals surface area contributed by atoms with E-state index < -0.39 is 0 Å². The second-order valence-electron chi connectivity index (χ2n) is 4.05. The first-order chi connectivity index (χ1) is 6.93. The summed E-state index contributed by atoms with van der Waals surface area (Å²) in [5, 5.41) is 7.03. The maximum absolute atomic E-state index is 5.00. The van der Waals surface area contributed by atoms with Crippen LogP contribution in [-0.4, -0.2) is 39.4 Å². The molecule has 1 aliphatic rings. The van der Waals surface area contributed by atoms with Gasteiger partial charge in [-0.15, -0.1) is 0 Å². The average Bonchev–Trinajstić information content (AvgIpc) is 2.25. The first kappa shape index (κ1) is 12.0. The molecule has 2 N–H and O–H groups in total. The highest BCUT2D eigenvalue weighted by Gasteiger charge is 2.10. The van der Waals surface area contributed by atoms with E-state index in [9.17, 15) is 0 Å². The van der Waals surface area contributed by atoms with Crippen molar-refractivity contribution in [3.8, 4) is 0 Å². The molecule has 1 unspecified atom stereocenters. The molecule has 3 heteroatoms. The summed E-state index contributed by atoms with van der Waals surface area (Å²) < 4.78 is 5.00. The molecule has 0 aromatic rings. The van der Waals surface area contributed by atoms with Gasteiger partial charge in [0.15, 0.2) is 0 Å². The molecule has 0 aliphatic carbocycles. The van der Waals surface area contributed by atoms with Gasteiger partial charge in [-0.05, 0) is 38.8 Å². The highest BCUT2D eigenvalue weighted by molar-refractivity contribution is 4.73. The summed E-state index contributed by atoms with van der Waals surface area (Å²) in [6.07, 6.45) is 6.47. The summed E-state index contributed by atoms with van der Waals surface area (Å²) >= 11 is 0. The maximum Gasteiger partial charge on any atom is 0.0462 e. The molecule has 1 atom stereocenters. The van der Waals surface area contributed by atoms with E-state index in [4.69, 9.17) is 4.74 Å². The van der Waals surface area contributed by atoms with Crippen molar-refractivity contribution >= 4 is 0 Å². The highest BCUT2D eigenvalue weighted by Crippen LogP contribution is 2.05. The van der Waals surface area contributed by atoms with E-state index in [0.29, 0.717) is 6.04 Å². The lowest BCUT2D eigenvalue weighted by atomic mass is 10.1. The fourth-order valence-corrected chi connectivity index (χ4v) is 1.87. The number of hydrogen-bond acceptors (Lipinski definition) is 3. The molecule has 84 valence electrons. The topological polar surface area (TPSA) is 33.3 Å². The van der Waals surface area contributed by atoms with Gasteiger partial charge in [0.1, 0.15) is 0 Å². The van der Waals surface area contributed by atoms with Crippen molar-refractivity contribution in [1.29, 1.82) is 0 Å². The molecular formula is C11H24N2O. The van der Waals surface area contributed by atoms with Crippen molar-refractivity contribution in [3.63, 3.8) is 0 Å². The summed E-state index contributed by atoms with van der Waals surface area (Å²) in [5.41, 5.74) is 0. The fourth-order valence-electron chi connectivity index (χ4n) is 1.87. The molecule has 0 saturated carbocycles. The molecule has 0 aromatic heterocycles. The van der Waals surface area contributed by atoms with Gasteiger partial charge in [0.2, 0.25) is 0 Å². The third kappa shape index (κ3) is 5.58. The Labute approximate surface area is 87.6 Å². The van der Waals surface area contributed by atoms with Crippen molar-refractivity contribution in [1.82, 2.24) is 10.6 Å². The summed E-state index contributed by atoms with van der Waals surface area (Å²) in [4.78, 5) is 0. The van der Waals surface area contributed by atoms with Crippen LogP contribution in [0.2, 0.25) is 0 Å². The van der Waals surface area contributed by atoms with Crippen LogP contribution < -0.4 is 10.6 Å². The third-order valence-electron chi connectivity index (χ3n) is 2.76. The minimum atomic E-state index is 0.714. The van der Waals surface area contributed by atoms with Crippen molar-refractivity contribution in [2.45, 2.75) is 38.1 Å². The lowest BCUT2D eigenvalue weighted by Gasteiger charge is -2.23. The first-order valence-electron chi connectivity index (χ1n) is 5.86. The Bertz CT molecular complexity index is 124. The molecule has 0 aromatic carbocycles. The summed E-state index contributed by atoms with van der Waals surface area (Å²) in [6, 6.07) is 0.714. The molecular weight excluding hydrogens is 176 g/mol. The summed E-state index contributed by atoms with van der Waals surface area (Å²) in [7, 11) is 1.76. The van der Waals surface area contributed by atoms with E-state index >= 15 is 0 Å². The van der Waals surface area contributed by atoms with Gasteiger partial charge >= 0.3 is 0 Å². The number of ether oxygens (including phenoxy) is 1. The van der Waals surface area contributed by atoms with Crippen LogP contribution in [-0.2, 0) is 4.74 Å². The second-order valence-corrected chi connectivity index (χ2v) is 4.05. The highest BCUT2D eigenvalue weighted by atomic mass is 16.5. The van der Waals surface area contributed by atoms with Gasteiger partial charge in [-0.3, -0.25) is 0 Å². The van der Waals surface area contributed by atoms with Crippen molar-refractivity contribution in [2.24, 2.45) is 0 Å². The normalized spacial score (nSPS) is 22.5. The fraction of sp³-hybridized carbons (Fsp3) is 1.00. The molecule has 1 saturated heterocycles. The first-order valence-corrected chi connectivity index (χ1v) is 5.86. The summed E-state index contributed by atoms with van der Waals surface area (Å²) in [5.74, 6) is 0. The van der Waals surface area contributed by atoms with Gasteiger partial charge in [0.25, 0.3) is 0 Å². The van der Waals surface area contributed by atoms with Crippen molar-refractivity contribution in [2.75, 3.05) is 33.4 Å². The number of hydrogen-bond donors (Lipinski definition) is 2. The zero-order chi connectivity index (χ0) is 10.1. The van der Waals surface area contributed by atoms with E-state index in [0.717, 1.165) is 19.7 Å². The Hall–Kier alpha value is -0.120. The molecule has 3 nitrogen and oxygen atoms in total. The lowest BCUT2D eigenvalue weighted by Crippen LogP contribution is -2.41. The van der Waals surface area contributed by atoms with Crippen molar-refractivity contribution in [3.05, 3.63) is 0 Å². The van der Waals surface area contributed by atoms with Crippen LogP contribution in [0.5, 0.6) is 0 Å². The zero-order valence-electron chi connectivity index (χ0n) is 9.35. The van der Waals surface area contributed by atoms with Gasteiger partial charge in [-0.2, -0.15) is 0 Å². The molecule has 0 bridgehead atoms. The summed E-state index contributed by atoms with van der Waals surface area (Å²) in [6.45, 7) is 4.36. The van der Waals surface area contributed by atoms with Gasteiger partial charge in [-0.1, -0.05) is 6.42 Å². The Kier molecular flexibility index (Phi) is 7.01. The molecule has 0 radical (unpaired) electrons. The molecule has 0 amide bonds. The Morgan fingerprint density at radius 1 is 1.36 bits per heavy atom. The molecule has 1 aliphatic heterocycles. The standard InChI is InChI=1S/C11H24N2O/c1-14-9-5-4-7-12-10-11-6-2-3-8-13-11/h11-13H,2-10H2,1H3. The van der Waals surface area contributed by atoms with Gasteiger partial charge in [0, 0.05) is 26.3 Å². The van der Waals surface area contributed by atoms with Crippen LogP contribution in [0.1, 0.15) is 32.1 Å². The molecule has 1 fully saturated rings. The van der Waals surface area contributed by atoms with E-state index in [-0.39, 0.29) is 0 Å². The van der Waals surface area contributed by atoms with Crippen molar-refractivity contribution < 1.29 is 4.74 Å². The predicted molar refractivity (Wildman–Crippen MR) is 59.6 cm³/mol. The number of rotatable bonds is 7. The monoisotopic (exact) mass is 200 g/mol. The lowest BCUT2D eigenvalue weighted by molar-refractivity contribution is 0.192. The molecule has 1 heterocycles. The largest absolute Gasteiger partial charge is 0.385 e. The number of piperidine rings is 1. The number of nitrogens with one attached hydrogen (secondary N) is 2. The van der Waals surface area contributed by atoms with Gasteiger partial charge in [0.05, 0.1) is 0 Å². The molecule has 1 rings (SSSR count). The van der Waals surface area contributed by atoms with Gasteiger partial charge in [-0.25, -0.2) is 0 Å². The quantitative estimate of drug-likeness (QED) is 0.605. The third-order valence-corrected chi connectivity index (χ3v) is 2.76. The Morgan fingerprint density at radius 2 is 2.29 bits per heavy atom.